The van der Waals surface area contributed by atoms with Gasteiger partial charge in [-0.2, -0.15) is 0 Å². The molecule has 2 amide bonds. The van der Waals surface area contributed by atoms with Gasteiger partial charge in [0.25, 0.3) is 5.24 Å². The van der Waals surface area contributed by atoms with Gasteiger partial charge in [-0.15, -0.1) is 0 Å². The van der Waals surface area contributed by atoms with Gasteiger partial charge in [0.2, 0.25) is 11.0 Å². The lowest BCUT2D eigenvalue weighted by atomic mass is 9.63. The summed E-state index contributed by atoms with van der Waals surface area (Å²) in [5.74, 6) is -0.167. The van der Waals surface area contributed by atoms with Crippen LogP contribution in [0, 0.1) is 6.92 Å². The second-order valence-electron chi connectivity index (χ2n) is 10.3. The molecule has 4 rings (SSSR count). The first-order valence-electron chi connectivity index (χ1n) is 11.2. The first-order valence-corrected chi connectivity index (χ1v) is 12.0. The first-order chi connectivity index (χ1) is 15.4. The molecule has 1 aliphatic heterocycles. The van der Waals surface area contributed by atoms with Crippen LogP contribution in [0.4, 0.5) is 16.2 Å². The topological polar surface area (TPSA) is 66.5 Å². The molecule has 6 heteroatoms. The van der Waals surface area contributed by atoms with Crippen LogP contribution in [0.3, 0.4) is 0 Å². The van der Waals surface area contributed by atoms with E-state index in [1.54, 1.807) is 23.1 Å². The molecular formula is C27H30N2O3S. The van der Waals surface area contributed by atoms with Gasteiger partial charge in [-0.1, -0.05) is 45.9 Å². The molecule has 2 aromatic carbocycles. The van der Waals surface area contributed by atoms with E-state index in [2.05, 4.69) is 45.1 Å². The van der Waals surface area contributed by atoms with E-state index in [9.17, 15) is 14.4 Å². The number of aryl methyl sites for hydroxylation is 1. The summed E-state index contributed by atoms with van der Waals surface area (Å²) in [6.07, 6.45) is 3.90. The molecule has 0 spiro atoms. The number of hydrogen-bond donors (Lipinski definition) is 1. The molecule has 33 heavy (non-hydrogen) atoms. The highest BCUT2D eigenvalue weighted by Gasteiger charge is 2.41. The fourth-order valence-corrected chi connectivity index (χ4v) is 5.44. The van der Waals surface area contributed by atoms with Crippen LogP contribution < -0.4 is 10.2 Å². The summed E-state index contributed by atoms with van der Waals surface area (Å²) in [6.45, 7) is 12.5. The van der Waals surface area contributed by atoms with Crippen LogP contribution in [0.2, 0.25) is 0 Å². The molecule has 0 atom stereocenters. The van der Waals surface area contributed by atoms with E-state index in [1.807, 2.05) is 19.1 Å². The Morgan fingerprint density at radius 3 is 2.30 bits per heavy atom. The van der Waals surface area contributed by atoms with Crippen molar-refractivity contribution in [1.29, 1.82) is 0 Å². The third kappa shape index (κ3) is 4.36. The number of amides is 2. The lowest BCUT2D eigenvalue weighted by Crippen LogP contribution is -2.34. The number of benzene rings is 2. The zero-order valence-electron chi connectivity index (χ0n) is 20.0. The van der Waals surface area contributed by atoms with Gasteiger partial charge < -0.3 is 5.32 Å². The van der Waals surface area contributed by atoms with Crippen LogP contribution in [0.1, 0.15) is 69.7 Å². The Morgan fingerprint density at radius 2 is 1.67 bits per heavy atom. The molecule has 172 valence electrons. The van der Waals surface area contributed by atoms with Crippen LogP contribution in [-0.2, 0) is 20.4 Å². The van der Waals surface area contributed by atoms with E-state index in [4.69, 9.17) is 0 Å². The summed E-state index contributed by atoms with van der Waals surface area (Å²) >= 11 is 0.721. The highest BCUT2D eigenvalue weighted by molar-refractivity contribution is 8.27. The second-order valence-corrected chi connectivity index (χ2v) is 11.2. The summed E-state index contributed by atoms with van der Waals surface area (Å²) in [7, 11) is 0. The molecule has 0 aromatic heterocycles. The van der Waals surface area contributed by atoms with Gasteiger partial charge in [-0.3, -0.25) is 19.3 Å². The fourth-order valence-electron chi connectivity index (χ4n) is 4.74. The van der Waals surface area contributed by atoms with E-state index in [-0.39, 0.29) is 27.1 Å². The molecule has 1 aliphatic carbocycles. The van der Waals surface area contributed by atoms with E-state index < -0.39 is 0 Å². The van der Waals surface area contributed by atoms with Crippen LogP contribution in [0.5, 0.6) is 0 Å². The molecule has 1 heterocycles. The first kappa shape index (κ1) is 23.3. The Kier molecular flexibility index (Phi) is 5.77. The van der Waals surface area contributed by atoms with Gasteiger partial charge in [0, 0.05) is 24.4 Å². The molecule has 0 radical (unpaired) electrons. The fraction of sp³-hybridized carbons (Fsp3) is 0.370. The molecule has 0 bridgehead atoms. The highest BCUT2D eigenvalue weighted by Crippen LogP contribution is 2.49. The lowest BCUT2D eigenvalue weighted by molar-refractivity contribution is -0.114. The summed E-state index contributed by atoms with van der Waals surface area (Å²) < 4.78 is 0. The van der Waals surface area contributed by atoms with Crippen LogP contribution in [0.15, 0.2) is 42.1 Å². The molecule has 1 saturated heterocycles. The lowest BCUT2D eigenvalue weighted by Gasteiger charge is -2.42. The van der Waals surface area contributed by atoms with Crippen molar-refractivity contribution in [2.45, 2.75) is 65.2 Å². The van der Waals surface area contributed by atoms with Gasteiger partial charge >= 0.3 is 0 Å². The van der Waals surface area contributed by atoms with Gasteiger partial charge in [0.05, 0.1) is 5.69 Å². The van der Waals surface area contributed by atoms with Crippen molar-refractivity contribution in [2.75, 3.05) is 10.2 Å². The smallest absolute Gasteiger partial charge is 0.298 e. The highest BCUT2D eigenvalue weighted by atomic mass is 32.2. The summed E-state index contributed by atoms with van der Waals surface area (Å²) in [5, 5.41) is 2.19. The number of fused-ring (bicyclic) bond motifs is 1. The minimum Gasteiger partial charge on any atom is -0.326 e. The summed E-state index contributed by atoms with van der Waals surface area (Å²) in [5.41, 5.74) is 6.06. The zero-order chi connectivity index (χ0) is 24.1. The molecule has 0 unspecified atom stereocenters. The average molecular weight is 463 g/mol. The average Bonchev–Trinajstić information content (AvgIpc) is 2.98. The maximum atomic E-state index is 13.0. The molecular weight excluding hydrogens is 432 g/mol. The minimum atomic E-state index is -0.291. The van der Waals surface area contributed by atoms with Crippen molar-refractivity contribution in [3.63, 3.8) is 0 Å². The third-order valence-electron chi connectivity index (χ3n) is 6.73. The van der Waals surface area contributed by atoms with E-state index in [0.29, 0.717) is 11.4 Å². The normalized spacial score (nSPS) is 20.2. The Balaban J connectivity index is 1.83. The van der Waals surface area contributed by atoms with Crippen LogP contribution in [-0.4, -0.2) is 16.3 Å². The quantitative estimate of drug-likeness (QED) is 0.526. The van der Waals surface area contributed by atoms with Crippen LogP contribution in [0.25, 0.3) is 6.08 Å². The number of thioether (sulfide) groups is 1. The molecule has 1 N–H and O–H groups in total. The standard InChI is InChI=1S/C27H30N2O3S/c1-16-12-20-21(27(5,6)11-10-26(20,3)4)15-22(16)29-23(24(31)33-25(29)32)14-18-8-7-9-19(13-18)28-17(2)30/h7-9,12-15H,10-11H2,1-6H3,(H,28,30). The van der Waals surface area contributed by atoms with Gasteiger partial charge in [0.1, 0.15) is 5.70 Å². The SMILES string of the molecule is CC(=O)Nc1cccc(C=C2C(=O)SC(=O)N2c2cc3c(cc2C)C(C)(C)CCC3(C)C)c1. The largest absolute Gasteiger partial charge is 0.326 e. The Hall–Kier alpha value is -2.86. The van der Waals surface area contributed by atoms with Gasteiger partial charge in [-0.05, 0) is 77.1 Å². The Labute approximate surface area is 199 Å². The van der Waals surface area contributed by atoms with Gasteiger partial charge in [-0.25, -0.2) is 0 Å². The van der Waals surface area contributed by atoms with E-state index >= 15 is 0 Å². The second kappa shape index (κ2) is 8.17. The molecule has 5 nitrogen and oxygen atoms in total. The van der Waals surface area contributed by atoms with E-state index in [0.717, 1.165) is 41.4 Å². The van der Waals surface area contributed by atoms with Crippen LogP contribution >= 0.6 is 11.8 Å². The zero-order valence-corrected chi connectivity index (χ0v) is 20.9. The molecule has 1 fully saturated rings. The number of carbonyl (C=O) groups excluding carboxylic acids is 3. The number of anilines is 2. The van der Waals surface area contributed by atoms with Crippen molar-refractivity contribution in [3.05, 3.63) is 64.3 Å². The Bertz CT molecular complexity index is 1210. The third-order valence-corrected chi connectivity index (χ3v) is 7.48. The number of nitrogens with zero attached hydrogens (tertiary/aromatic N) is 1. The number of hydrogen-bond acceptors (Lipinski definition) is 4. The van der Waals surface area contributed by atoms with Crippen molar-refractivity contribution in [3.8, 4) is 0 Å². The predicted molar refractivity (Wildman–Crippen MR) is 136 cm³/mol. The molecule has 2 aromatic rings. The summed E-state index contributed by atoms with van der Waals surface area (Å²) in [4.78, 5) is 38.8. The molecule has 2 aliphatic rings. The number of rotatable bonds is 3. The number of nitrogens with one attached hydrogen (secondary N) is 1. The summed E-state index contributed by atoms with van der Waals surface area (Å²) in [6, 6.07) is 11.5. The maximum absolute atomic E-state index is 13.0. The van der Waals surface area contributed by atoms with Crippen molar-refractivity contribution in [2.24, 2.45) is 0 Å². The molecule has 0 saturated carbocycles. The van der Waals surface area contributed by atoms with Crippen molar-refractivity contribution in [1.82, 2.24) is 0 Å². The monoisotopic (exact) mass is 462 g/mol. The van der Waals surface area contributed by atoms with Gasteiger partial charge in [0.15, 0.2) is 0 Å². The minimum absolute atomic E-state index is 0.0101. The Morgan fingerprint density at radius 1 is 1.03 bits per heavy atom. The predicted octanol–water partition coefficient (Wildman–Crippen LogP) is 6.54. The van der Waals surface area contributed by atoms with Crippen molar-refractivity contribution >= 4 is 45.5 Å². The number of carbonyl (C=O) groups is 3. The maximum Gasteiger partial charge on any atom is 0.298 e. The van der Waals surface area contributed by atoms with E-state index in [1.165, 1.54) is 18.1 Å². The van der Waals surface area contributed by atoms with Crippen molar-refractivity contribution < 1.29 is 14.4 Å².